The largest absolute Gasteiger partial charge is 0.381 e. The van der Waals surface area contributed by atoms with Crippen molar-refractivity contribution in [1.82, 2.24) is 15.8 Å². The summed E-state index contributed by atoms with van der Waals surface area (Å²) in [4.78, 5) is 4.70. The number of aryl methyl sites for hydroxylation is 2. The maximum Gasteiger partial charge on any atom is 0.191 e. The van der Waals surface area contributed by atoms with Gasteiger partial charge in [0.1, 0.15) is 5.76 Å². The molecule has 154 valence electrons. The maximum atomic E-state index is 5.82. The molecular formula is C20H36N4O3. The van der Waals surface area contributed by atoms with Gasteiger partial charge in [-0.3, -0.25) is 0 Å². The molecule has 1 aromatic rings. The summed E-state index contributed by atoms with van der Waals surface area (Å²) in [6, 6.07) is 0. The summed E-state index contributed by atoms with van der Waals surface area (Å²) in [7, 11) is 0. The van der Waals surface area contributed by atoms with Crippen LogP contribution in [0.3, 0.4) is 0 Å². The summed E-state index contributed by atoms with van der Waals surface area (Å²) < 4.78 is 16.6. The van der Waals surface area contributed by atoms with Gasteiger partial charge in [0.2, 0.25) is 0 Å². The van der Waals surface area contributed by atoms with E-state index in [1.807, 2.05) is 0 Å². The third-order valence-electron chi connectivity index (χ3n) is 4.80. The van der Waals surface area contributed by atoms with Gasteiger partial charge in [0.25, 0.3) is 0 Å². The highest BCUT2D eigenvalue weighted by Gasteiger charge is 2.14. The normalized spacial score (nSPS) is 15.9. The van der Waals surface area contributed by atoms with E-state index in [0.717, 1.165) is 94.6 Å². The van der Waals surface area contributed by atoms with Gasteiger partial charge in [-0.25, -0.2) is 4.99 Å². The van der Waals surface area contributed by atoms with Crippen molar-refractivity contribution in [3.05, 3.63) is 17.0 Å². The Kier molecular flexibility index (Phi) is 10.2. The highest BCUT2D eigenvalue weighted by Crippen LogP contribution is 2.17. The molecule has 0 atom stereocenters. The molecule has 1 saturated heterocycles. The highest BCUT2D eigenvalue weighted by atomic mass is 16.5. The maximum absolute atomic E-state index is 5.82. The molecule has 0 spiro atoms. The third-order valence-corrected chi connectivity index (χ3v) is 4.80. The summed E-state index contributed by atoms with van der Waals surface area (Å²) in [6.07, 6.45) is 4.91. The van der Waals surface area contributed by atoms with Gasteiger partial charge in [0, 0.05) is 51.5 Å². The van der Waals surface area contributed by atoms with Gasteiger partial charge in [-0.15, -0.1) is 0 Å². The Bertz CT molecular complexity index is 532. The minimum atomic E-state index is 0.589. The number of hydrogen-bond donors (Lipinski definition) is 2. The van der Waals surface area contributed by atoms with Crippen molar-refractivity contribution in [2.24, 2.45) is 10.9 Å². The molecule has 2 N–H and O–H groups in total. The summed E-state index contributed by atoms with van der Waals surface area (Å²) in [5.41, 5.74) is 2.13. The van der Waals surface area contributed by atoms with E-state index in [0.29, 0.717) is 12.5 Å². The molecular weight excluding hydrogens is 344 g/mol. The van der Waals surface area contributed by atoms with Gasteiger partial charge in [0.05, 0.1) is 12.2 Å². The van der Waals surface area contributed by atoms with Crippen LogP contribution >= 0.6 is 0 Å². The van der Waals surface area contributed by atoms with E-state index in [4.69, 9.17) is 19.0 Å². The van der Waals surface area contributed by atoms with Gasteiger partial charge < -0.3 is 24.6 Å². The molecule has 2 rings (SSSR count). The second-order valence-electron chi connectivity index (χ2n) is 6.84. The molecule has 1 aliphatic heterocycles. The first-order valence-electron chi connectivity index (χ1n) is 10.4. The van der Waals surface area contributed by atoms with Gasteiger partial charge in [-0.1, -0.05) is 19.0 Å². The lowest BCUT2D eigenvalue weighted by Crippen LogP contribution is -2.38. The molecule has 0 unspecified atom stereocenters. The van der Waals surface area contributed by atoms with Crippen LogP contribution < -0.4 is 10.6 Å². The molecule has 0 aromatic carbocycles. The number of guanidine groups is 1. The lowest BCUT2D eigenvalue weighted by Gasteiger charge is -2.21. The fourth-order valence-corrected chi connectivity index (χ4v) is 3.16. The van der Waals surface area contributed by atoms with E-state index in [1.54, 1.807) is 0 Å². The molecule has 2 heterocycles. The van der Waals surface area contributed by atoms with Gasteiger partial charge >= 0.3 is 0 Å². The van der Waals surface area contributed by atoms with Crippen molar-refractivity contribution >= 4 is 5.96 Å². The fourth-order valence-electron chi connectivity index (χ4n) is 3.16. The van der Waals surface area contributed by atoms with Crippen LogP contribution in [0.25, 0.3) is 0 Å². The molecule has 7 heteroatoms. The average Bonchev–Trinajstić information content (AvgIpc) is 3.11. The zero-order valence-corrected chi connectivity index (χ0v) is 17.2. The molecule has 27 heavy (non-hydrogen) atoms. The topological polar surface area (TPSA) is 80.9 Å². The van der Waals surface area contributed by atoms with Crippen molar-refractivity contribution < 1.29 is 14.0 Å². The average molecular weight is 381 g/mol. The second-order valence-corrected chi connectivity index (χ2v) is 6.84. The first-order chi connectivity index (χ1) is 13.3. The minimum Gasteiger partial charge on any atom is -0.381 e. The monoisotopic (exact) mass is 380 g/mol. The van der Waals surface area contributed by atoms with Crippen molar-refractivity contribution in [2.45, 2.75) is 59.4 Å². The first kappa shape index (κ1) is 21.7. The quantitative estimate of drug-likeness (QED) is 0.349. The lowest BCUT2D eigenvalue weighted by atomic mass is 10.0. The third kappa shape index (κ3) is 7.50. The van der Waals surface area contributed by atoms with Crippen molar-refractivity contribution in [2.75, 3.05) is 39.5 Å². The van der Waals surface area contributed by atoms with Crippen LogP contribution in [-0.4, -0.2) is 50.6 Å². The zero-order chi connectivity index (χ0) is 19.3. The standard InChI is InChI=1S/C20H36N4O3/c1-4-18-17(19(5-2)27-24-18)14-23-20(21-6-3)22-10-7-11-26-15-16-8-12-25-13-9-16/h16H,4-15H2,1-3H3,(H2,21,22,23). The van der Waals surface area contributed by atoms with Crippen LogP contribution in [0.15, 0.2) is 9.52 Å². The Morgan fingerprint density at radius 1 is 1.19 bits per heavy atom. The molecule has 1 aromatic heterocycles. The highest BCUT2D eigenvalue weighted by molar-refractivity contribution is 5.79. The molecule has 1 aliphatic rings. The van der Waals surface area contributed by atoms with Crippen LogP contribution in [0, 0.1) is 5.92 Å². The van der Waals surface area contributed by atoms with E-state index in [1.165, 1.54) is 0 Å². The molecule has 0 radical (unpaired) electrons. The lowest BCUT2D eigenvalue weighted by molar-refractivity contribution is 0.0203. The summed E-state index contributed by atoms with van der Waals surface area (Å²) >= 11 is 0. The number of nitrogens with one attached hydrogen (secondary N) is 2. The fraction of sp³-hybridized carbons (Fsp3) is 0.800. The Labute approximate surface area is 163 Å². The number of aliphatic imine (C=N–C) groups is 1. The molecule has 7 nitrogen and oxygen atoms in total. The van der Waals surface area contributed by atoms with Crippen molar-refractivity contribution in [3.8, 4) is 0 Å². The van der Waals surface area contributed by atoms with Gasteiger partial charge in [0.15, 0.2) is 5.96 Å². The minimum absolute atomic E-state index is 0.589. The van der Waals surface area contributed by atoms with Crippen LogP contribution in [0.5, 0.6) is 0 Å². The van der Waals surface area contributed by atoms with E-state index >= 15 is 0 Å². The number of aromatic nitrogens is 1. The van der Waals surface area contributed by atoms with Crippen LogP contribution in [0.4, 0.5) is 0 Å². The van der Waals surface area contributed by atoms with E-state index in [-0.39, 0.29) is 0 Å². The molecule has 0 bridgehead atoms. The van der Waals surface area contributed by atoms with Gasteiger partial charge in [-0.2, -0.15) is 0 Å². The van der Waals surface area contributed by atoms with E-state index in [9.17, 15) is 0 Å². The van der Waals surface area contributed by atoms with Gasteiger partial charge in [-0.05, 0) is 38.5 Å². The number of rotatable bonds is 11. The van der Waals surface area contributed by atoms with Crippen molar-refractivity contribution in [1.29, 1.82) is 0 Å². The Balaban J connectivity index is 1.71. The Morgan fingerprint density at radius 3 is 2.70 bits per heavy atom. The second kappa shape index (κ2) is 12.7. The Hall–Kier alpha value is -1.60. The molecule has 0 aliphatic carbocycles. The summed E-state index contributed by atoms with van der Waals surface area (Å²) in [6.45, 7) is 11.9. The predicted molar refractivity (Wildman–Crippen MR) is 107 cm³/mol. The smallest absolute Gasteiger partial charge is 0.191 e. The van der Waals surface area contributed by atoms with Crippen molar-refractivity contribution in [3.63, 3.8) is 0 Å². The molecule has 0 amide bonds. The zero-order valence-electron chi connectivity index (χ0n) is 17.2. The SMILES string of the molecule is CCNC(=NCc1c(CC)noc1CC)NCCCOCC1CCOCC1. The van der Waals surface area contributed by atoms with E-state index < -0.39 is 0 Å². The summed E-state index contributed by atoms with van der Waals surface area (Å²) in [5.74, 6) is 2.43. The van der Waals surface area contributed by atoms with Crippen LogP contribution in [0.1, 0.15) is 57.1 Å². The predicted octanol–water partition coefficient (Wildman–Crippen LogP) is 2.69. The van der Waals surface area contributed by atoms with Crippen LogP contribution in [-0.2, 0) is 28.9 Å². The molecule has 0 saturated carbocycles. The summed E-state index contributed by atoms with van der Waals surface area (Å²) in [5, 5.41) is 10.8. The Morgan fingerprint density at radius 2 is 2.00 bits per heavy atom. The van der Waals surface area contributed by atoms with Crippen LogP contribution in [0.2, 0.25) is 0 Å². The van der Waals surface area contributed by atoms with E-state index in [2.05, 4.69) is 36.6 Å². The first-order valence-corrected chi connectivity index (χ1v) is 10.4. The number of hydrogen-bond acceptors (Lipinski definition) is 5. The number of ether oxygens (including phenoxy) is 2. The number of nitrogens with zero attached hydrogens (tertiary/aromatic N) is 2. The molecule has 1 fully saturated rings.